The molecule has 1 saturated heterocycles. The fourth-order valence-electron chi connectivity index (χ4n) is 3.95. The SMILES string of the molecule is CCN1CCN(C(=O)COc2ccc(C=NNC(=O)c3ccc(O)c(Cl)c3)c3ccccc23)CC1. The van der Waals surface area contributed by atoms with Crippen LogP contribution in [0.25, 0.3) is 10.8 Å². The predicted octanol–water partition coefficient (Wildman–Crippen LogP) is 3.51. The first-order valence-corrected chi connectivity index (χ1v) is 11.8. The van der Waals surface area contributed by atoms with Gasteiger partial charge in [0.05, 0.1) is 11.2 Å². The lowest BCUT2D eigenvalue weighted by Crippen LogP contribution is -2.49. The topological polar surface area (TPSA) is 94.5 Å². The molecule has 3 aromatic rings. The largest absolute Gasteiger partial charge is 0.506 e. The molecule has 0 bridgehead atoms. The molecule has 0 spiro atoms. The van der Waals surface area contributed by atoms with Gasteiger partial charge in [0.1, 0.15) is 11.5 Å². The van der Waals surface area contributed by atoms with E-state index in [1.165, 1.54) is 18.2 Å². The first-order chi connectivity index (χ1) is 17.0. The molecule has 2 amide bonds. The van der Waals surface area contributed by atoms with Crippen LogP contribution in [0, 0.1) is 0 Å². The minimum absolute atomic E-state index is 0.0190. The first-order valence-electron chi connectivity index (χ1n) is 11.4. The lowest BCUT2D eigenvalue weighted by molar-refractivity contribution is -0.135. The van der Waals surface area contributed by atoms with Gasteiger partial charge in [-0.2, -0.15) is 5.10 Å². The number of fused-ring (bicyclic) bond motifs is 1. The average Bonchev–Trinajstić information content (AvgIpc) is 2.89. The lowest BCUT2D eigenvalue weighted by Gasteiger charge is -2.34. The molecule has 9 heteroatoms. The van der Waals surface area contributed by atoms with E-state index in [9.17, 15) is 14.7 Å². The van der Waals surface area contributed by atoms with Gasteiger partial charge in [0.25, 0.3) is 11.8 Å². The van der Waals surface area contributed by atoms with Crippen molar-refractivity contribution < 1.29 is 19.4 Å². The Bertz CT molecular complexity index is 1260. The molecule has 35 heavy (non-hydrogen) atoms. The van der Waals surface area contributed by atoms with Gasteiger partial charge in [-0.25, -0.2) is 5.43 Å². The molecule has 182 valence electrons. The van der Waals surface area contributed by atoms with Crippen molar-refractivity contribution in [1.82, 2.24) is 15.2 Å². The second-order valence-corrected chi connectivity index (χ2v) is 8.57. The zero-order valence-electron chi connectivity index (χ0n) is 19.4. The first kappa shape index (κ1) is 24.5. The molecule has 0 saturated carbocycles. The fourth-order valence-corrected chi connectivity index (χ4v) is 4.13. The third-order valence-corrected chi connectivity index (χ3v) is 6.32. The van der Waals surface area contributed by atoms with Crippen molar-refractivity contribution in [2.24, 2.45) is 5.10 Å². The van der Waals surface area contributed by atoms with E-state index in [0.29, 0.717) is 18.8 Å². The summed E-state index contributed by atoms with van der Waals surface area (Å²) in [7, 11) is 0. The number of amides is 2. The van der Waals surface area contributed by atoms with Gasteiger partial charge in [0.2, 0.25) is 0 Å². The Hall–Kier alpha value is -3.62. The number of rotatable bonds is 7. The molecule has 2 N–H and O–H groups in total. The number of phenols is 1. The normalized spacial score (nSPS) is 14.4. The highest BCUT2D eigenvalue weighted by molar-refractivity contribution is 6.32. The summed E-state index contributed by atoms with van der Waals surface area (Å²) >= 11 is 5.86. The zero-order chi connectivity index (χ0) is 24.8. The fraction of sp³-hybridized carbons (Fsp3) is 0.269. The summed E-state index contributed by atoms with van der Waals surface area (Å²) in [4.78, 5) is 29.1. The van der Waals surface area contributed by atoms with E-state index >= 15 is 0 Å². The van der Waals surface area contributed by atoms with Gasteiger partial charge in [0.15, 0.2) is 6.61 Å². The summed E-state index contributed by atoms with van der Waals surface area (Å²) < 4.78 is 5.91. The Labute approximate surface area is 208 Å². The molecule has 0 radical (unpaired) electrons. The second kappa shape index (κ2) is 11.2. The standard InChI is InChI=1S/C26H27ClN4O4/c1-2-30-11-13-31(14-12-30)25(33)17-35-24-10-8-19(20-5-3-4-6-21(20)24)16-28-29-26(34)18-7-9-23(32)22(27)15-18/h3-10,15-16,32H,2,11-14,17H2,1H3,(H,29,34). The van der Waals surface area contributed by atoms with Gasteiger partial charge in [-0.05, 0) is 42.3 Å². The van der Waals surface area contributed by atoms with E-state index in [0.717, 1.165) is 36.0 Å². The zero-order valence-corrected chi connectivity index (χ0v) is 20.2. The number of carbonyl (C=O) groups excluding carboxylic acids is 2. The molecule has 1 heterocycles. The van der Waals surface area contributed by atoms with E-state index in [1.54, 1.807) is 12.3 Å². The van der Waals surface area contributed by atoms with E-state index in [-0.39, 0.29) is 28.8 Å². The van der Waals surface area contributed by atoms with Crippen LogP contribution in [0.4, 0.5) is 0 Å². The predicted molar refractivity (Wildman–Crippen MR) is 136 cm³/mol. The van der Waals surface area contributed by atoms with Crippen LogP contribution in [0.3, 0.4) is 0 Å². The molecule has 0 aromatic heterocycles. The van der Waals surface area contributed by atoms with Gasteiger partial charge in [-0.3, -0.25) is 9.59 Å². The molecule has 1 aliphatic heterocycles. The van der Waals surface area contributed by atoms with Crippen molar-refractivity contribution in [2.75, 3.05) is 39.3 Å². The van der Waals surface area contributed by atoms with E-state index in [4.69, 9.17) is 16.3 Å². The number of halogens is 1. The maximum atomic E-state index is 12.6. The summed E-state index contributed by atoms with van der Waals surface area (Å²) in [6, 6.07) is 15.5. The molecule has 8 nitrogen and oxygen atoms in total. The molecular weight excluding hydrogens is 468 g/mol. The molecular formula is C26H27ClN4O4. The Morgan fingerprint density at radius 1 is 1.09 bits per heavy atom. The molecule has 0 atom stereocenters. The van der Waals surface area contributed by atoms with Crippen LogP contribution in [0.5, 0.6) is 11.5 Å². The molecule has 4 rings (SSSR count). The highest BCUT2D eigenvalue weighted by Crippen LogP contribution is 2.28. The Balaban J connectivity index is 1.42. The summed E-state index contributed by atoms with van der Waals surface area (Å²) in [5.74, 6) is 0.0422. The minimum atomic E-state index is -0.453. The van der Waals surface area contributed by atoms with E-state index in [1.807, 2.05) is 35.2 Å². The Kier molecular flexibility index (Phi) is 7.84. The number of hydrogen-bond acceptors (Lipinski definition) is 6. The Morgan fingerprint density at radius 2 is 1.83 bits per heavy atom. The van der Waals surface area contributed by atoms with Crippen LogP contribution in [0.1, 0.15) is 22.8 Å². The van der Waals surface area contributed by atoms with Crippen LogP contribution in [-0.4, -0.2) is 72.3 Å². The van der Waals surface area contributed by atoms with Gasteiger partial charge in [-0.1, -0.05) is 42.8 Å². The number of phenolic OH excluding ortho intramolecular Hbond substituents is 1. The molecule has 0 aliphatic carbocycles. The van der Waals surface area contributed by atoms with Crippen LogP contribution in [0.15, 0.2) is 59.7 Å². The number of nitrogens with one attached hydrogen (secondary N) is 1. The summed E-state index contributed by atoms with van der Waals surface area (Å²) in [5, 5.41) is 15.4. The maximum absolute atomic E-state index is 12.6. The van der Waals surface area contributed by atoms with Crippen molar-refractivity contribution in [1.29, 1.82) is 0 Å². The molecule has 1 fully saturated rings. The summed E-state index contributed by atoms with van der Waals surface area (Å²) in [6.45, 7) is 6.30. The van der Waals surface area contributed by atoms with Gasteiger partial charge >= 0.3 is 0 Å². The number of likely N-dealkylation sites (N-methyl/N-ethyl adjacent to an activating group) is 1. The Morgan fingerprint density at radius 3 is 2.54 bits per heavy atom. The number of nitrogens with zero attached hydrogens (tertiary/aromatic N) is 3. The van der Waals surface area contributed by atoms with Crippen molar-refractivity contribution in [3.05, 3.63) is 70.7 Å². The summed E-state index contributed by atoms with van der Waals surface area (Å²) in [5.41, 5.74) is 3.52. The van der Waals surface area contributed by atoms with Crippen LogP contribution in [0.2, 0.25) is 5.02 Å². The van der Waals surface area contributed by atoms with Crippen molar-refractivity contribution in [2.45, 2.75) is 6.92 Å². The van der Waals surface area contributed by atoms with E-state index in [2.05, 4.69) is 22.4 Å². The lowest BCUT2D eigenvalue weighted by atomic mass is 10.0. The number of benzene rings is 3. The highest BCUT2D eigenvalue weighted by Gasteiger charge is 2.20. The van der Waals surface area contributed by atoms with E-state index < -0.39 is 5.91 Å². The van der Waals surface area contributed by atoms with Crippen molar-refractivity contribution in [3.63, 3.8) is 0 Å². The molecule has 3 aromatic carbocycles. The number of aromatic hydroxyl groups is 1. The van der Waals surface area contributed by atoms with Crippen LogP contribution < -0.4 is 10.2 Å². The second-order valence-electron chi connectivity index (χ2n) is 8.17. The third-order valence-electron chi connectivity index (χ3n) is 6.02. The van der Waals surface area contributed by atoms with Crippen molar-refractivity contribution in [3.8, 4) is 11.5 Å². The quantitative estimate of drug-likeness (QED) is 0.387. The number of ether oxygens (including phenoxy) is 1. The van der Waals surface area contributed by atoms with Crippen LogP contribution >= 0.6 is 11.6 Å². The van der Waals surface area contributed by atoms with Crippen molar-refractivity contribution >= 4 is 40.4 Å². The van der Waals surface area contributed by atoms with Gasteiger partial charge in [0, 0.05) is 42.7 Å². The average molecular weight is 495 g/mol. The van der Waals surface area contributed by atoms with Gasteiger partial charge < -0.3 is 19.6 Å². The third kappa shape index (κ3) is 5.90. The number of carbonyl (C=O) groups is 2. The minimum Gasteiger partial charge on any atom is -0.506 e. The highest BCUT2D eigenvalue weighted by atomic mass is 35.5. The summed E-state index contributed by atoms with van der Waals surface area (Å²) in [6.07, 6.45) is 1.55. The van der Waals surface area contributed by atoms with Crippen LogP contribution in [-0.2, 0) is 4.79 Å². The number of hydrazone groups is 1. The number of hydrogen-bond donors (Lipinski definition) is 2. The molecule has 1 aliphatic rings. The number of piperazine rings is 1. The monoisotopic (exact) mass is 494 g/mol. The maximum Gasteiger partial charge on any atom is 0.271 e. The smallest absolute Gasteiger partial charge is 0.271 e. The molecule has 0 unspecified atom stereocenters. The van der Waals surface area contributed by atoms with Gasteiger partial charge in [-0.15, -0.1) is 0 Å².